The molecular weight excluding hydrogens is 429 g/mol. The van der Waals surface area contributed by atoms with E-state index in [2.05, 4.69) is 4.98 Å². The Morgan fingerprint density at radius 3 is 2.87 bits per heavy atom. The van der Waals surface area contributed by atoms with Crippen LogP contribution in [0.2, 0.25) is 0 Å². The quantitative estimate of drug-likeness (QED) is 0.711. The maximum atomic E-state index is 13.4. The number of halogens is 3. The molecular formula is C21H21F3N4O2S. The predicted octanol–water partition coefficient (Wildman–Crippen LogP) is 3.65. The Labute approximate surface area is 181 Å². The van der Waals surface area contributed by atoms with Crippen LogP contribution in [0.5, 0.6) is 0 Å². The fourth-order valence-corrected chi connectivity index (χ4v) is 5.31. The average Bonchev–Trinajstić information content (AvgIpc) is 3.40. The summed E-state index contributed by atoms with van der Waals surface area (Å²) in [6.07, 6.45) is -3.87. The Morgan fingerprint density at radius 1 is 1.42 bits per heavy atom. The van der Waals surface area contributed by atoms with Gasteiger partial charge in [-0.05, 0) is 30.5 Å². The molecule has 2 atom stereocenters. The van der Waals surface area contributed by atoms with Crippen LogP contribution in [-0.4, -0.2) is 55.7 Å². The molecule has 1 aromatic heterocycles. The van der Waals surface area contributed by atoms with Crippen molar-refractivity contribution in [3.05, 3.63) is 45.9 Å². The molecule has 0 saturated carbocycles. The number of piperidine rings is 1. The van der Waals surface area contributed by atoms with E-state index in [1.807, 2.05) is 4.90 Å². The summed E-state index contributed by atoms with van der Waals surface area (Å²) in [6.45, 7) is 2.47. The number of amides is 1. The molecule has 2 aliphatic rings. The lowest BCUT2D eigenvalue weighted by atomic mass is 9.74. The van der Waals surface area contributed by atoms with Crippen molar-refractivity contribution in [2.24, 2.45) is 11.3 Å². The Balaban J connectivity index is 1.61. The van der Waals surface area contributed by atoms with Gasteiger partial charge in [-0.25, -0.2) is 4.98 Å². The van der Waals surface area contributed by atoms with E-state index in [-0.39, 0.29) is 22.8 Å². The molecule has 0 aliphatic carbocycles. The summed E-state index contributed by atoms with van der Waals surface area (Å²) in [5.74, 6) is 0.0447. The van der Waals surface area contributed by atoms with Crippen LogP contribution in [0.3, 0.4) is 0 Å². The Hall–Kier alpha value is -2.64. The standard InChI is InChI=1S/C21H21F3N4O2S/c1-30-12-20-10-27(19(29)18-9-31-13-26-18)5-4-15(20)8-28(11-20)16-3-2-14(7-25)17(6-16)21(22,23)24/h2-3,6,9,13,15H,4-5,8,10-12H2,1H3/t15-,20+/m1/s1. The lowest BCUT2D eigenvalue weighted by molar-refractivity contribution is -0.137. The van der Waals surface area contributed by atoms with Crippen molar-refractivity contribution in [3.8, 4) is 6.07 Å². The number of nitrogens with zero attached hydrogens (tertiary/aromatic N) is 4. The molecule has 0 radical (unpaired) electrons. The predicted molar refractivity (Wildman–Crippen MR) is 109 cm³/mol. The van der Waals surface area contributed by atoms with Crippen LogP contribution in [0.4, 0.5) is 18.9 Å². The Morgan fingerprint density at radius 2 is 2.23 bits per heavy atom. The Bertz CT molecular complexity index is 1010. The number of anilines is 1. The number of aromatic nitrogens is 1. The Kier molecular flexibility index (Phi) is 5.66. The summed E-state index contributed by atoms with van der Waals surface area (Å²) in [4.78, 5) is 20.6. The second kappa shape index (κ2) is 8.13. The highest BCUT2D eigenvalue weighted by atomic mass is 32.1. The van der Waals surface area contributed by atoms with Gasteiger partial charge in [0.25, 0.3) is 5.91 Å². The zero-order valence-electron chi connectivity index (χ0n) is 16.9. The van der Waals surface area contributed by atoms with Gasteiger partial charge in [0.2, 0.25) is 0 Å². The first-order chi connectivity index (χ1) is 14.8. The van der Waals surface area contributed by atoms with E-state index >= 15 is 0 Å². The second-order valence-electron chi connectivity index (χ2n) is 8.10. The summed E-state index contributed by atoms with van der Waals surface area (Å²) in [5, 5.41) is 10.8. The summed E-state index contributed by atoms with van der Waals surface area (Å²) in [5.41, 5.74) is 0.750. The minimum Gasteiger partial charge on any atom is -0.384 e. The number of fused-ring (bicyclic) bond motifs is 1. The van der Waals surface area contributed by atoms with E-state index in [0.29, 0.717) is 44.2 Å². The van der Waals surface area contributed by atoms with Gasteiger partial charge in [0, 0.05) is 49.8 Å². The number of carbonyl (C=O) groups is 1. The molecule has 0 unspecified atom stereocenters. The van der Waals surface area contributed by atoms with Crippen molar-refractivity contribution < 1.29 is 22.7 Å². The number of rotatable bonds is 4. The van der Waals surface area contributed by atoms with Crippen LogP contribution in [0.25, 0.3) is 0 Å². The van der Waals surface area contributed by atoms with Gasteiger partial charge in [0.1, 0.15) is 5.69 Å². The molecule has 2 aliphatic heterocycles. The average molecular weight is 450 g/mol. The third-order valence-corrected chi connectivity index (χ3v) is 6.82. The van der Waals surface area contributed by atoms with Gasteiger partial charge < -0.3 is 14.5 Å². The molecule has 2 aromatic rings. The summed E-state index contributed by atoms with van der Waals surface area (Å²) in [6, 6.07) is 5.45. The van der Waals surface area contributed by atoms with E-state index in [4.69, 9.17) is 10.00 Å². The number of nitriles is 1. The molecule has 2 fully saturated rings. The van der Waals surface area contributed by atoms with Crippen LogP contribution in [0.1, 0.15) is 28.0 Å². The molecule has 0 bridgehead atoms. The number of ether oxygens (including phenoxy) is 1. The van der Waals surface area contributed by atoms with Gasteiger partial charge in [0.05, 0.1) is 29.3 Å². The van der Waals surface area contributed by atoms with Gasteiger partial charge in [-0.15, -0.1) is 11.3 Å². The highest BCUT2D eigenvalue weighted by Gasteiger charge is 2.51. The molecule has 31 heavy (non-hydrogen) atoms. The van der Waals surface area contributed by atoms with Gasteiger partial charge in [-0.1, -0.05) is 0 Å². The number of carbonyl (C=O) groups excluding carboxylic acids is 1. The normalized spacial score (nSPS) is 23.5. The minimum atomic E-state index is -4.60. The number of hydrogen-bond donors (Lipinski definition) is 0. The molecule has 3 heterocycles. The molecule has 1 aromatic carbocycles. The van der Waals surface area contributed by atoms with Crippen molar-refractivity contribution in [2.45, 2.75) is 12.6 Å². The maximum absolute atomic E-state index is 13.4. The van der Waals surface area contributed by atoms with Gasteiger partial charge in [-0.2, -0.15) is 18.4 Å². The second-order valence-corrected chi connectivity index (χ2v) is 8.82. The minimum absolute atomic E-state index is 0.133. The number of thiazole rings is 1. The lowest BCUT2D eigenvalue weighted by Gasteiger charge is -2.43. The fourth-order valence-electron chi connectivity index (χ4n) is 4.79. The van der Waals surface area contributed by atoms with Crippen LogP contribution < -0.4 is 4.90 Å². The zero-order valence-corrected chi connectivity index (χ0v) is 17.7. The number of methoxy groups -OCH3 is 1. The monoisotopic (exact) mass is 450 g/mol. The van der Waals surface area contributed by atoms with Crippen molar-refractivity contribution in [2.75, 3.05) is 44.8 Å². The van der Waals surface area contributed by atoms with Gasteiger partial charge in [-0.3, -0.25) is 4.79 Å². The largest absolute Gasteiger partial charge is 0.417 e. The van der Waals surface area contributed by atoms with E-state index < -0.39 is 11.7 Å². The van der Waals surface area contributed by atoms with Crippen LogP contribution in [0, 0.1) is 22.7 Å². The smallest absolute Gasteiger partial charge is 0.384 e. The number of hydrogen-bond acceptors (Lipinski definition) is 6. The molecule has 0 spiro atoms. The topological polar surface area (TPSA) is 69.5 Å². The molecule has 4 rings (SSSR count). The third kappa shape index (κ3) is 4.00. The highest BCUT2D eigenvalue weighted by Crippen LogP contribution is 2.45. The maximum Gasteiger partial charge on any atom is 0.417 e. The van der Waals surface area contributed by atoms with Crippen LogP contribution in [0.15, 0.2) is 29.1 Å². The molecule has 0 N–H and O–H groups in total. The van der Waals surface area contributed by atoms with Crippen molar-refractivity contribution >= 4 is 22.9 Å². The highest BCUT2D eigenvalue weighted by molar-refractivity contribution is 7.07. The van der Waals surface area contributed by atoms with Crippen molar-refractivity contribution in [1.82, 2.24) is 9.88 Å². The number of likely N-dealkylation sites (tertiary alicyclic amines) is 1. The molecule has 10 heteroatoms. The molecule has 164 valence electrons. The lowest BCUT2D eigenvalue weighted by Crippen LogP contribution is -2.53. The summed E-state index contributed by atoms with van der Waals surface area (Å²) >= 11 is 1.36. The van der Waals surface area contributed by atoms with E-state index in [9.17, 15) is 18.0 Å². The number of alkyl halides is 3. The molecule has 2 saturated heterocycles. The summed E-state index contributed by atoms with van der Waals surface area (Å²) < 4.78 is 45.8. The molecule has 1 amide bonds. The third-order valence-electron chi connectivity index (χ3n) is 6.23. The van der Waals surface area contributed by atoms with E-state index in [1.165, 1.54) is 17.4 Å². The van der Waals surface area contributed by atoms with Crippen LogP contribution in [-0.2, 0) is 10.9 Å². The number of benzene rings is 1. The first-order valence-electron chi connectivity index (χ1n) is 9.80. The molecule has 6 nitrogen and oxygen atoms in total. The first-order valence-corrected chi connectivity index (χ1v) is 10.7. The first kappa shape index (κ1) is 21.6. The SMILES string of the molecule is COC[C@@]12CN(C(=O)c3cscn3)CC[C@@H]1CN(c1ccc(C#N)c(C(F)(F)F)c1)C2. The van der Waals surface area contributed by atoms with E-state index in [0.717, 1.165) is 12.5 Å². The van der Waals surface area contributed by atoms with Gasteiger partial charge in [0.15, 0.2) is 0 Å². The zero-order chi connectivity index (χ0) is 22.2. The fraction of sp³-hybridized carbons (Fsp3) is 0.476. The van der Waals surface area contributed by atoms with Crippen LogP contribution >= 0.6 is 11.3 Å². The van der Waals surface area contributed by atoms with E-state index in [1.54, 1.807) is 35.0 Å². The van der Waals surface area contributed by atoms with Crippen molar-refractivity contribution in [1.29, 1.82) is 5.26 Å². The van der Waals surface area contributed by atoms with Crippen molar-refractivity contribution in [3.63, 3.8) is 0 Å². The summed E-state index contributed by atoms with van der Waals surface area (Å²) in [7, 11) is 1.60. The van der Waals surface area contributed by atoms with Gasteiger partial charge >= 0.3 is 6.18 Å².